The second-order valence-electron chi connectivity index (χ2n) is 10.3. The quantitative estimate of drug-likeness (QED) is 0.377. The Morgan fingerprint density at radius 2 is 1.51 bits per heavy atom. The molecule has 192 valence electrons. The summed E-state index contributed by atoms with van der Waals surface area (Å²) in [6.45, 7) is 7.29. The third-order valence-electron chi connectivity index (χ3n) is 6.77. The molecule has 2 aromatic carbocycles. The van der Waals surface area contributed by atoms with E-state index in [0.29, 0.717) is 30.2 Å². The third-order valence-corrected chi connectivity index (χ3v) is 6.77. The molecule has 0 spiro atoms. The van der Waals surface area contributed by atoms with Crippen molar-refractivity contribution in [3.05, 3.63) is 47.0 Å². The van der Waals surface area contributed by atoms with Gasteiger partial charge in [-0.15, -0.1) is 0 Å². The average Bonchev–Trinajstić information content (AvgIpc) is 2.82. The summed E-state index contributed by atoms with van der Waals surface area (Å²) in [6, 6.07) is 10.4. The Morgan fingerprint density at radius 1 is 0.914 bits per heavy atom. The SMILES string of the molecule is COc1ccc(C[C@@H]2c3cc(OC)c(OC)cc3CC[N+]2(C)CCC(=O)OC(C)(C)C)cc1OC. The van der Waals surface area contributed by atoms with Gasteiger partial charge in [-0.2, -0.15) is 0 Å². The number of hydrogen-bond acceptors (Lipinski definition) is 6. The van der Waals surface area contributed by atoms with Crippen LogP contribution in [0.3, 0.4) is 0 Å². The minimum Gasteiger partial charge on any atom is -0.493 e. The lowest BCUT2D eigenvalue weighted by atomic mass is 9.86. The first-order valence-electron chi connectivity index (χ1n) is 12.1. The third kappa shape index (κ3) is 6.20. The number of quaternary nitrogens is 1. The standard InChI is InChI=1S/C28H40NO6/c1-28(2,3)35-27(30)12-14-29(4)13-11-20-17-25(33-7)26(34-8)18-21(20)22(29)15-19-9-10-23(31-5)24(16-19)32-6/h9-10,16-18,22H,11-15H2,1-8H3/q+1/t22-,29?/m1/s1. The summed E-state index contributed by atoms with van der Waals surface area (Å²) in [5.41, 5.74) is 3.11. The lowest BCUT2D eigenvalue weighted by Gasteiger charge is -2.46. The first-order chi connectivity index (χ1) is 16.5. The zero-order valence-corrected chi connectivity index (χ0v) is 22.4. The van der Waals surface area contributed by atoms with Gasteiger partial charge >= 0.3 is 5.97 Å². The molecule has 0 N–H and O–H groups in total. The number of likely N-dealkylation sites (N-methyl/N-ethyl adjacent to an activating group) is 1. The second kappa shape index (κ2) is 10.8. The molecule has 1 heterocycles. The van der Waals surface area contributed by atoms with Crippen molar-refractivity contribution < 1.29 is 33.0 Å². The van der Waals surface area contributed by atoms with E-state index in [-0.39, 0.29) is 12.0 Å². The molecule has 0 aliphatic carbocycles. The van der Waals surface area contributed by atoms with Gasteiger partial charge < -0.3 is 28.2 Å². The van der Waals surface area contributed by atoms with Crippen molar-refractivity contribution in [1.29, 1.82) is 0 Å². The number of benzene rings is 2. The summed E-state index contributed by atoms with van der Waals surface area (Å²) in [6.07, 6.45) is 2.02. The molecule has 35 heavy (non-hydrogen) atoms. The van der Waals surface area contributed by atoms with E-state index >= 15 is 0 Å². The molecule has 1 aliphatic rings. The Bertz CT molecular complexity index is 1040. The summed E-state index contributed by atoms with van der Waals surface area (Å²) in [4.78, 5) is 12.6. The van der Waals surface area contributed by atoms with Gasteiger partial charge in [0.25, 0.3) is 0 Å². The van der Waals surface area contributed by atoms with E-state index in [0.717, 1.165) is 35.2 Å². The van der Waals surface area contributed by atoms with Crippen LogP contribution in [0.4, 0.5) is 0 Å². The normalized spacial score (nSPS) is 19.5. The highest BCUT2D eigenvalue weighted by Crippen LogP contribution is 2.43. The predicted molar refractivity (Wildman–Crippen MR) is 136 cm³/mol. The average molecular weight is 487 g/mol. The molecule has 0 amide bonds. The minimum atomic E-state index is -0.493. The Balaban J connectivity index is 2.00. The molecule has 1 unspecified atom stereocenters. The van der Waals surface area contributed by atoms with Crippen LogP contribution in [0, 0.1) is 0 Å². The van der Waals surface area contributed by atoms with E-state index in [1.807, 2.05) is 32.9 Å². The van der Waals surface area contributed by atoms with Crippen molar-refractivity contribution in [2.45, 2.75) is 51.7 Å². The second-order valence-corrected chi connectivity index (χ2v) is 10.3. The highest BCUT2D eigenvalue weighted by Gasteiger charge is 2.40. The van der Waals surface area contributed by atoms with Crippen molar-refractivity contribution in [3.8, 4) is 23.0 Å². The van der Waals surface area contributed by atoms with Crippen LogP contribution >= 0.6 is 0 Å². The monoisotopic (exact) mass is 486 g/mol. The Hall–Kier alpha value is -2.93. The van der Waals surface area contributed by atoms with Gasteiger partial charge in [0.05, 0.1) is 55.0 Å². The fourth-order valence-corrected chi connectivity index (χ4v) is 4.90. The van der Waals surface area contributed by atoms with E-state index in [1.54, 1.807) is 28.4 Å². The topological polar surface area (TPSA) is 63.2 Å². The molecular weight excluding hydrogens is 446 g/mol. The number of ether oxygens (including phenoxy) is 5. The van der Waals surface area contributed by atoms with Gasteiger partial charge in [-0.1, -0.05) is 6.07 Å². The van der Waals surface area contributed by atoms with Gasteiger partial charge in [0.15, 0.2) is 23.0 Å². The number of carbonyl (C=O) groups excluding carboxylic acids is 1. The number of rotatable bonds is 9. The molecule has 3 rings (SSSR count). The van der Waals surface area contributed by atoms with Gasteiger partial charge in [0, 0.05) is 18.4 Å². The number of methoxy groups -OCH3 is 4. The van der Waals surface area contributed by atoms with Crippen LogP contribution in [0.15, 0.2) is 30.3 Å². The molecule has 2 aromatic rings. The van der Waals surface area contributed by atoms with Crippen LogP contribution in [0.1, 0.15) is 49.9 Å². The smallest absolute Gasteiger partial charge is 0.312 e. The molecule has 0 radical (unpaired) electrons. The van der Waals surface area contributed by atoms with Crippen molar-refractivity contribution in [2.24, 2.45) is 0 Å². The molecule has 0 saturated heterocycles. The molecule has 2 atom stereocenters. The fourth-order valence-electron chi connectivity index (χ4n) is 4.90. The van der Waals surface area contributed by atoms with Gasteiger partial charge in [0.2, 0.25) is 0 Å². The number of hydrogen-bond donors (Lipinski definition) is 0. The van der Waals surface area contributed by atoms with Gasteiger partial charge in [-0.25, -0.2) is 0 Å². The molecule has 0 saturated carbocycles. The van der Waals surface area contributed by atoms with Gasteiger partial charge in [-0.05, 0) is 56.2 Å². The zero-order valence-electron chi connectivity index (χ0n) is 22.4. The Morgan fingerprint density at radius 3 is 2.11 bits per heavy atom. The van der Waals surface area contributed by atoms with E-state index in [9.17, 15) is 4.79 Å². The summed E-state index contributed by atoms with van der Waals surface area (Å²) >= 11 is 0. The molecule has 7 heteroatoms. The van der Waals surface area contributed by atoms with Gasteiger partial charge in [-0.3, -0.25) is 4.79 Å². The lowest BCUT2D eigenvalue weighted by molar-refractivity contribution is -0.940. The van der Waals surface area contributed by atoms with Crippen molar-refractivity contribution >= 4 is 5.97 Å². The molecule has 0 fully saturated rings. The molecular formula is C28H40NO6+. The fraction of sp³-hybridized carbons (Fsp3) is 0.536. The van der Waals surface area contributed by atoms with Gasteiger partial charge in [0.1, 0.15) is 11.6 Å². The zero-order chi connectivity index (χ0) is 25.8. The maximum absolute atomic E-state index is 12.6. The molecule has 0 bridgehead atoms. The predicted octanol–water partition coefficient (Wildman–Crippen LogP) is 4.74. The molecule has 1 aliphatic heterocycles. The largest absolute Gasteiger partial charge is 0.493 e. The minimum absolute atomic E-state index is 0.110. The highest BCUT2D eigenvalue weighted by atomic mass is 16.6. The Labute approximate surface area is 209 Å². The van der Waals surface area contributed by atoms with Crippen molar-refractivity contribution in [3.63, 3.8) is 0 Å². The number of fused-ring (bicyclic) bond motifs is 1. The van der Waals surface area contributed by atoms with Crippen LogP contribution in [-0.4, -0.2) is 64.6 Å². The molecule has 7 nitrogen and oxygen atoms in total. The van der Waals surface area contributed by atoms with Crippen molar-refractivity contribution in [2.75, 3.05) is 48.6 Å². The van der Waals surface area contributed by atoms with Crippen LogP contribution in [0.5, 0.6) is 23.0 Å². The summed E-state index contributed by atoms with van der Waals surface area (Å²) in [5.74, 6) is 2.69. The highest BCUT2D eigenvalue weighted by molar-refractivity contribution is 5.69. The molecule has 0 aromatic heterocycles. The first-order valence-corrected chi connectivity index (χ1v) is 12.1. The summed E-state index contributed by atoms with van der Waals surface area (Å²) in [5, 5.41) is 0. The number of esters is 1. The Kier molecular flexibility index (Phi) is 8.21. The number of carbonyl (C=O) groups is 1. The number of nitrogens with zero attached hydrogens (tertiary/aromatic N) is 1. The van der Waals surface area contributed by atoms with E-state index in [1.165, 1.54) is 11.1 Å². The van der Waals surface area contributed by atoms with Crippen molar-refractivity contribution in [1.82, 2.24) is 0 Å². The lowest BCUT2D eigenvalue weighted by Crippen LogP contribution is -2.53. The summed E-state index contributed by atoms with van der Waals surface area (Å²) < 4.78 is 28.5. The van der Waals surface area contributed by atoms with Crippen LogP contribution < -0.4 is 18.9 Å². The van der Waals surface area contributed by atoms with E-state index in [2.05, 4.69) is 25.2 Å². The van der Waals surface area contributed by atoms with Crippen LogP contribution in [0.25, 0.3) is 0 Å². The van der Waals surface area contributed by atoms with E-state index < -0.39 is 5.60 Å². The van der Waals surface area contributed by atoms with E-state index in [4.69, 9.17) is 23.7 Å². The van der Waals surface area contributed by atoms with Crippen LogP contribution in [0.2, 0.25) is 0 Å². The first kappa shape index (κ1) is 26.7. The maximum atomic E-state index is 12.6. The van der Waals surface area contributed by atoms with Crippen LogP contribution in [-0.2, 0) is 22.4 Å². The summed E-state index contributed by atoms with van der Waals surface area (Å²) in [7, 11) is 8.84. The maximum Gasteiger partial charge on any atom is 0.312 e.